The van der Waals surface area contributed by atoms with Crippen LogP contribution >= 0.6 is 0 Å². The van der Waals surface area contributed by atoms with Gasteiger partial charge in [0.05, 0.1) is 17.1 Å². The van der Waals surface area contributed by atoms with Gasteiger partial charge in [0.2, 0.25) is 5.78 Å². The molecule has 4 rings (SSSR count). The Labute approximate surface area is 240 Å². The summed E-state index contributed by atoms with van der Waals surface area (Å²) in [6.45, 7) is 8.14. The number of unbranched alkanes of at least 4 members (excludes halogenated alkanes) is 1. The molecule has 2 N–H and O–H groups in total. The van der Waals surface area contributed by atoms with Crippen molar-refractivity contribution in [3.63, 3.8) is 0 Å². The van der Waals surface area contributed by atoms with Crippen molar-refractivity contribution in [2.45, 2.75) is 71.7 Å². The third kappa shape index (κ3) is 7.48. The fourth-order valence-electron chi connectivity index (χ4n) is 5.10. The third-order valence-corrected chi connectivity index (χ3v) is 7.34. The van der Waals surface area contributed by atoms with Crippen LogP contribution in [-0.4, -0.2) is 52.4 Å². The van der Waals surface area contributed by atoms with Crippen LogP contribution in [0.3, 0.4) is 0 Å². The Hall–Kier alpha value is -4.27. The molecular weight excluding hydrogens is 520 g/mol. The number of alkyl carbamates (subject to hydrolysis) is 1. The Morgan fingerprint density at radius 3 is 2.49 bits per heavy atom. The van der Waals surface area contributed by atoms with E-state index in [-0.39, 0.29) is 17.4 Å². The van der Waals surface area contributed by atoms with Crippen LogP contribution in [-0.2, 0) is 14.3 Å². The number of Topliss-reactive ketones (excluding diaryl/α,β-unsaturated/α-hetero) is 1. The second-order valence-electron chi connectivity index (χ2n) is 11.4. The predicted molar refractivity (Wildman–Crippen MR) is 156 cm³/mol. The molecule has 1 aliphatic rings. The molecule has 3 aromatic rings. The van der Waals surface area contributed by atoms with E-state index in [9.17, 15) is 19.2 Å². The molecule has 3 atom stereocenters. The lowest BCUT2D eigenvalue weighted by Gasteiger charge is -2.26. The topological polar surface area (TPSA) is 118 Å². The van der Waals surface area contributed by atoms with E-state index in [1.165, 1.54) is 11.1 Å². The number of aromatic nitrogens is 1. The number of ether oxygens (including phenoxy) is 1. The maximum atomic E-state index is 13.5. The minimum absolute atomic E-state index is 0.291. The number of likely N-dealkylation sites (tertiary alicyclic amines) is 1. The summed E-state index contributed by atoms with van der Waals surface area (Å²) in [7, 11) is 0. The summed E-state index contributed by atoms with van der Waals surface area (Å²) in [6.07, 6.45) is 1.98. The number of nitrogens with one attached hydrogen (secondary N) is 2. The van der Waals surface area contributed by atoms with Crippen LogP contribution in [0.4, 0.5) is 4.79 Å². The first-order chi connectivity index (χ1) is 19.6. The van der Waals surface area contributed by atoms with Crippen LogP contribution in [0.25, 0.3) is 10.9 Å². The van der Waals surface area contributed by atoms with Gasteiger partial charge in [-0.2, -0.15) is 0 Å². The molecule has 1 aliphatic heterocycles. The number of carbonyl (C=O) groups is 4. The molecule has 9 nitrogen and oxygen atoms in total. The SMILES string of the molecule is CCCCC(NC(=O)OC1CC(C)(C)CN1C(=O)c1cnc2ccccc2c1)C(=O)C(=O)N[C@H](C)c1ccccc1. The summed E-state index contributed by atoms with van der Waals surface area (Å²) in [5.74, 6) is -1.80. The van der Waals surface area contributed by atoms with E-state index in [2.05, 4.69) is 15.6 Å². The quantitative estimate of drug-likeness (QED) is 0.332. The minimum Gasteiger partial charge on any atom is -0.425 e. The molecule has 2 unspecified atom stereocenters. The van der Waals surface area contributed by atoms with E-state index in [1.54, 1.807) is 13.0 Å². The lowest BCUT2D eigenvalue weighted by Crippen LogP contribution is -2.49. The zero-order valence-electron chi connectivity index (χ0n) is 24.1. The Balaban J connectivity index is 1.44. The summed E-state index contributed by atoms with van der Waals surface area (Å²) in [4.78, 5) is 58.4. The van der Waals surface area contributed by atoms with Crippen LogP contribution in [0.5, 0.6) is 0 Å². The number of pyridine rings is 1. The number of carbonyl (C=O) groups excluding carboxylic acids is 4. The highest BCUT2D eigenvalue weighted by Gasteiger charge is 2.43. The summed E-state index contributed by atoms with van der Waals surface area (Å²) in [5, 5.41) is 6.16. The first-order valence-electron chi connectivity index (χ1n) is 14.1. The van der Waals surface area contributed by atoms with Gasteiger partial charge in [0, 0.05) is 24.5 Å². The fourth-order valence-corrected chi connectivity index (χ4v) is 5.10. The van der Waals surface area contributed by atoms with E-state index in [0.717, 1.165) is 22.9 Å². The molecule has 3 amide bonds. The van der Waals surface area contributed by atoms with E-state index >= 15 is 0 Å². The van der Waals surface area contributed by atoms with Crippen molar-refractivity contribution in [2.24, 2.45) is 5.41 Å². The van der Waals surface area contributed by atoms with Gasteiger partial charge in [-0.25, -0.2) is 4.79 Å². The van der Waals surface area contributed by atoms with E-state index < -0.39 is 30.1 Å². The number of hydrogen-bond acceptors (Lipinski definition) is 6. The molecule has 1 aromatic heterocycles. The third-order valence-electron chi connectivity index (χ3n) is 7.34. The zero-order valence-corrected chi connectivity index (χ0v) is 24.1. The van der Waals surface area contributed by atoms with Gasteiger partial charge in [-0.15, -0.1) is 0 Å². The number of fused-ring (bicyclic) bond motifs is 1. The van der Waals surface area contributed by atoms with Crippen LogP contribution in [0.1, 0.15) is 75.3 Å². The van der Waals surface area contributed by atoms with Crippen LogP contribution < -0.4 is 10.6 Å². The molecule has 9 heteroatoms. The summed E-state index contributed by atoms with van der Waals surface area (Å²) < 4.78 is 5.73. The van der Waals surface area contributed by atoms with Crippen LogP contribution in [0, 0.1) is 5.41 Å². The van der Waals surface area contributed by atoms with Crippen molar-refractivity contribution in [1.29, 1.82) is 0 Å². The van der Waals surface area contributed by atoms with Crippen molar-refractivity contribution in [3.8, 4) is 0 Å². The van der Waals surface area contributed by atoms with Crippen molar-refractivity contribution >= 4 is 34.6 Å². The van der Waals surface area contributed by atoms with E-state index in [1.807, 2.05) is 75.4 Å². The largest absolute Gasteiger partial charge is 0.425 e. The van der Waals surface area contributed by atoms with Crippen molar-refractivity contribution < 1.29 is 23.9 Å². The first-order valence-corrected chi connectivity index (χ1v) is 14.1. The number of rotatable bonds is 10. The molecule has 2 aromatic carbocycles. The van der Waals surface area contributed by atoms with Gasteiger partial charge in [-0.3, -0.25) is 19.4 Å². The second kappa shape index (κ2) is 12.9. The summed E-state index contributed by atoms with van der Waals surface area (Å²) in [5.41, 5.74) is 1.75. The lowest BCUT2D eigenvalue weighted by molar-refractivity contribution is -0.139. The molecule has 2 heterocycles. The highest BCUT2D eigenvalue weighted by molar-refractivity contribution is 6.38. The monoisotopic (exact) mass is 558 g/mol. The number of ketones is 1. The molecule has 0 aliphatic carbocycles. The number of amides is 3. The number of nitrogens with zero attached hydrogens (tertiary/aromatic N) is 2. The Morgan fingerprint density at radius 1 is 1.05 bits per heavy atom. The predicted octanol–water partition coefficient (Wildman–Crippen LogP) is 5.16. The van der Waals surface area contributed by atoms with Crippen LogP contribution in [0.15, 0.2) is 66.9 Å². The molecule has 216 valence electrons. The maximum Gasteiger partial charge on any atom is 0.409 e. The molecule has 0 saturated carbocycles. The lowest BCUT2D eigenvalue weighted by atomic mass is 9.93. The van der Waals surface area contributed by atoms with Crippen molar-refractivity contribution in [1.82, 2.24) is 20.5 Å². The Bertz CT molecular complexity index is 1410. The van der Waals surface area contributed by atoms with Gasteiger partial charge in [0.1, 0.15) is 6.04 Å². The van der Waals surface area contributed by atoms with Gasteiger partial charge in [-0.1, -0.05) is 82.1 Å². The van der Waals surface area contributed by atoms with Gasteiger partial charge in [0.25, 0.3) is 11.8 Å². The average Bonchev–Trinajstić information content (AvgIpc) is 3.27. The maximum absolute atomic E-state index is 13.5. The van der Waals surface area contributed by atoms with E-state index in [0.29, 0.717) is 31.4 Å². The second-order valence-corrected chi connectivity index (χ2v) is 11.4. The minimum atomic E-state index is -1.05. The normalized spacial score (nSPS) is 17.5. The van der Waals surface area contributed by atoms with Gasteiger partial charge in [0.15, 0.2) is 6.23 Å². The molecule has 41 heavy (non-hydrogen) atoms. The Kier molecular flexibility index (Phi) is 9.37. The smallest absolute Gasteiger partial charge is 0.409 e. The molecule has 1 fully saturated rings. The van der Waals surface area contributed by atoms with Gasteiger partial charge in [-0.05, 0) is 36.5 Å². The highest BCUT2D eigenvalue weighted by Crippen LogP contribution is 2.35. The highest BCUT2D eigenvalue weighted by atomic mass is 16.6. The molecule has 0 spiro atoms. The van der Waals surface area contributed by atoms with Crippen LogP contribution in [0.2, 0.25) is 0 Å². The van der Waals surface area contributed by atoms with Gasteiger partial charge >= 0.3 is 6.09 Å². The van der Waals surface area contributed by atoms with Crippen molar-refractivity contribution in [3.05, 3.63) is 78.0 Å². The average molecular weight is 559 g/mol. The van der Waals surface area contributed by atoms with Gasteiger partial charge < -0.3 is 20.3 Å². The molecule has 0 radical (unpaired) electrons. The summed E-state index contributed by atoms with van der Waals surface area (Å²) >= 11 is 0. The number of benzene rings is 2. The molecule has 1 saturated heterocycles. The zero-order chi connectivity index (χ0) is 29.6. The molecular formula is C32H38N4O5. The van der Waals surface area contributed by atoms with E-state index in [4.69, 9.17) is 4.74 Å². The van der Waals surface area contributed by atoms with Crippen molar-refractivity contribution in [2.75, 3.05) is 6.54 Å². The number of hydrogen-bond donors (Lipinski definition) is 2. The Morgan fingerprint density at radius 2 is 1.76 bits per heavy atom. The molecule has 0 bridgehead atoms. The standard InChI is InChI=1S/C32H38N4O5/c1-5-6-15-26(28(37)29(38)34-21(2)22-12-8-7-9-13-22)35-31(40)41-27-18-32(3,4)20-36(27)30(39)24-17-23-14-10-11-16-25(23)33-19-24/h7-14,16-17,19,21,26-27H,5-6,15,18,20H2,1-4H3,(H,34,38)(H,35,40)/t21-,26?,27?/m1/s1. The first kappa shape index (κ1) is 29.7. The fraction of sp³-hybridized carbons (Fsp3) is 0.406. The summed E-state index contributed by atoms with van der Waals surface area (Å²) in [6, 6.07) is 17.2. The number of para-hydroxylation sites is 1.